The molecule has 0 aliphatic carbocycles. The van der Waals surface area contributed by atoms with Crippen molar-refractivity contribution in [3.63, 3.8) is 0 Å². The van der Waals surface area contributed by atoms with E-state index in [9.17, 15) is 18.9 Å². The fraction of sp³-hybridized carbons (Fsp3) is 0. The van der Waals surface area contributed by atoms with Crippen molar-refractivity contribution in [3.8, 4) is 11.6 Å². The predicted molar refractivity (Wildman–Crippen MR) is 60.1 cm³/mol. The molecule has 0 aliphatic heterocycles. The van der Waals surface area contributed by atoms with Crippen molar-refractivity contribution in [1.29, 1.82) is 0 Å². The van der Waals surface area contributed by atoms with Gasteiger partial charge in [0, 0.05) is 18.3 Å². The second kappa shape index (κ2) is 5.11. The van der Waals surface area contributed by atoms with E-state index < -0.39 is 28.0 Å². The van der Waals surface area contributed by atoms with Gasteiger partial charge in [-0.3, -0.25) is 10.1 Å². The molecule has 0 fully saturated rings. The summed E-state index contributed by atoms with van der Waals surface area (Å²) in [5.74, 6) is -2.98. The number of aromatic nitrogens is 2. The van der Waals surface area contributed by atoms with Crippen LogP contribution in [0.5, 0.6) is 11.6 Å². The largest absolute Gasteiger partial charge is 0.436 e. The fourth-order valence-electron chi connectivity index (χ4n) is 1.23. The van der Waals surface area contributed by atoms with Gasteiger partial charge in [0.1, 0.15) is 0 Å². The van der Waals surface area contributed by atoms with Crippen LogP contribution in [0.4, 0.5) is 14.5 Å². The van der Waals surface area contributed by atoms with E-state index in [1.54, 1.807) is 0 Å². The first-order valence-corrected chi connectivity index (χ1v) is 5.15. The average molecular weight is 288 g/mol. The molecule has 0 aliphatic rings. The Hall–Kier alpha value is -2.35. The highest BCUT2D eigenvalue weighted by Crippen LogP contribution is 2.29. The van der Waals surface area contributed by atoms with Crippen LogP contribution in [-0.4, -0.2) is 14.9 Å². The van der Waals surface area contributed by atoms with Crippen molar-refractivity contribution < 1.29 is 18.4 Å². The summed E-state index contributed by atoms with van der Waals surface area (Å²) >= 11 is 5.49. The molecule has 2 rings (SSSR count). The summed E-state index contributed by atoms with van der Waals surface area (Å²) in [6, 6.07) is 2.25. The van der Waals surface area contributed by atoms with Crippen molar-refractivity contribution in [2.24, 2.45) is 0 Å². The minimum absolute atomic E-state index is 0.118. The van der Waals surface area contributed by atoms with Crippen molar-refractivity contribution in [2.45, 2.75) is 0 Å². The van der Waals surface area contributed by atoms with Crippen LogP contribution in [0.1, 0.15) is 0 Å². The monoisotopic (exact) mass is 287 g/mol. The molecule has 0 N–H and O–H groups in total. The van der Waals surface area contributed by atoms with Gasteiger partial charge in [0.05, 0.1) is 11.0 Å². The third-order valence-corrected chi connectivity index (χ3v) is 2.20. The van der Waals surface area contributed by atoms with Crippen molar-refractivity contribution in [1.82, 2.24) is 9.97 Å². The molecule has 0 saturated carbocycles. The highest BCUT2D eigenvalue weighted by atomic mass is 35.5. The highest BCUT2D eigenvalue weighted by Gasteiger charge is 2.20. The van der Waals surface area contributed by atoms with Crippen LogP contribution in [-0.2, 0) is 0 Å². The van der Waals surface area contributed by atoms with Gasteiger partial charge in [0.2, 0.25) is 17.0 Å². The summed E-state index contributed by atoms with van der Waals surface area (Å²) in [5.41, 5.74) is -0.981. The molecule has 0 bridgehead atoms. The average Bonchev–Trinajstić information content (AvgIpc) is 2.33. The standard InChI is InChI=1S/C10H4ClF2N3O3/c11-10-14-2-1-9(15-10)19-8-4-5(12)7(16(17)18)3-6(8)13/h1-4H. The predicted octanol–water partition coefficient (Wildman–Crippen LogP) is 3.11. The summed E-state index contributed by atoms with van der Waals surface area (Å²) in [5, 5.41) is 10.3. The summed E-state index contributed by atoms with van der Waals surface area (Å²) in [6.07, 6.45) is 1.25. The molecular formula is C10H4ClF2N3O3. The maximum absolute atomic E-state index is 13.5. The number of hydrogen-bond acceptors (Lipinski definition) is 5. The van der Waals surface area contributed by atoms with E-state index in [0.717, 1.165) is 0 Å². The van der Waals surface area contributed by atoms with E-state index >= 15 is 0 Å². The molecule has 0 atom stereocenters. The zero-order chi connectivity index (χ0) is 14.0. The summed E-state index contributed by atoms with van der Waals surface area (Å²) in [4.78, 5) is 16.6. The van der Waals surface area contributed by atoms with Gasteiger partial charge >= 0.3 is 5.69 Å². The Bertz CT molecular complexity index is 654. The molecule has 0 unspecified atom stereocenters. The number of nitro benzene ring substituents is 1. The quantitative estimate of drug-likeness (QED) is 0.492. The van der Waals surface area contributed by atoms with Gasteiger partial charge in [-0.2, -0.15) is 9.37 Å². The van der Waals surface area contributed by atoms with Crippen LogP contribution in [0, 0.1) is 21.7 Å². The maximum atomic E-state index is 13.5. The Morgan fingerprint density at radius 1 is 1.32 bits per heavy atom. The first-order chi connectivity index (χ1) is 8.97. The number of hydrogen-bond donors (Lipinski definition) is 0. The summed E-state index contributed by atoms with van der Waals surface area (Å²) in [6.45, 7) is 0. The van der Waals surface area contributed by atoms with Crippen LogP contribution in [0.2, 0.25) is 5.28 Å². The van der Waals surface area contributed by atoms with Crippen molar-refractivity contribution >= 4 is 17.3 Å². The second-order valence-corrected chi connectivity index (χ2v) is 3.60. The maximum Gasteiger partial charge on any atom is 0.307 e. The van der Waals surface area contributed by atoms with E-state index in [2.05, 4.69) is 9.97 Å². The molecule has 19 heavy (non-hydrogen) atoms. The van der Waals surface area contributed by atoms with Crippen LogP contribution < -0.4 is 4.74 Å². The first-order valence-electron chi connectivity index (χ1n) is 4.77. The number of nitro groups is 1. The minimum Gasteiger partial charge on any atom is -0.436 e. The summed E-state index contributed by atoms with van der Waals surface area (Å²) < 4.78 is 31.8. The lowest BCUT2D eigenvalue weighted by Crippen LogP contribution is -1.97. The van der Waals surface area contributed by atoms with Crippen molar-refractivity contribution in [3.05, 3.63) is 51.4 Å². The summed E-state index contributed by atoms with van der Waals surface area (Å²) in [7, 11) is 0. The zero-order valence-corrected chi connectivity index (χ0v) is 9.77. The SMILES string of the molecule is O=[N+]([O-])c1cc(F)c(Oc2ccnc(Cl)n2)cc1F. The van der Waals surface area contributed by atoms with E-state index in [1.165, 1.54) is 12.3 Å². The van der Waals surface area contributed by atoms with Gasteiger partial charge in [-0.25, -0.2) is 9.37 Å². The molecule has 9 heteroatoms. The molecule has 1 aromatic heterocycles. The molecule has 0 radical (unpaired) electrons. The number of benzene rings is 1. The topological polar surface area (TPSA) is 78.2 Å². The van der Waals surface area contributed by atoms with Crippen LogP contribution >= 0.6 is 11.6 Å². The zero-order valence-electron chi connectivity index (χ0n) is 9.01. The van der Waals surface area contributed by atoms with E-state index in [1.807, 2.05) is 0 Å². The Labute approximate surface area is 109 Å². The molecule has 0 amide bonds. The van der Waals surface area contributed by atoms with Gasteiger partial charge in [-0.1, -0.05) is 0 Å². The molecule has 0 saturated heterocycles. The van der Waals surface area contributed by atoms with E-state index in [0.29, 0.717) is 12.1 Å². The normalized spacial score (nSPS) is 10.3. The van der Waals surface area contributed by atoms with Gasteiger partial charge in [0.25, 0.3) is 0 Å². The fourth-order valence-corrected chi connectivity index (χ4v) is 1.36. The Balaban J connectivity index is 2.36. The third kappa shape index (κ3) is 2.91. The minimum atomic E-state index is -1.22. The van der Waals surface area contributed by atoms with Crippen LogP contribution in [0.25, 0.3) is 0 Å². The molecule has 1 heterocycles. The van der Waals surface area contributed by atoms with Crippen molar-refractivity contribution in [2.75, 3.05) is 0 Å². The first kappa shape index (κ1) is 13.1. The molecule has 0 spiro atoms. The van der Waals surface area contributed by atoms with Crippen LogP contribution in [0.3, 0.4) is 0 Å². The number of halogens is 3. The smallest absolute Gasteiger partial charge is 0.307 e. The number of ether oxygens (including phenoxy) is 1. The van der Waals surface area contributed by atoms with E-state index in [-0.39, 0.29) is 11.2 Å². The van der Waals surface area contributed by atoms with Gasteiger partial charge in [-0.05, 0) is 11.6 Å². The lowest BCUT2D eigenvalue weighted by Gasteiger charge is -2.05. The lowest BCUT2D eigenvalue weighted by atomic mass is 10.3. The van der Waals surface area contributed by atoms with Gasteiger partial charge in [-0.15, -0.1) is 0 Å². The Morgan fingerprint density at radius 3 is 2.68 bits per heavy atom. The second-order valence-electron chi connectivity index (χ2n) is 3.26. The van der Waals surface area contributed by atoms with Gasteiger partial charge < -0.3 is 4.74 Å². The third-order valence-electron chi connectivity index (χ3n) is 2.01. The highest BCUT2D eigenvalue weighted by molar-refractivity contribution is 6.28. The number of nitrogens with zero attached hydrogens (tertiary/aromatic N) is 3. The number of rotatable bonds is 3. The Morgan fingerprint density at radius 2 is 2.05 bits per heavy atom. The van der Waals surface area contributed by atoms with Gasteiger partial charge in [0.15, 0.2) is 11.6 Å². The Kier molecular flexibility index (Phi) is 3.52. The molecule has 98 valence electrons. The molecular weight excluding hydrogens is 284 g/mol. The lowest BCUT2D eigenvalue weighted by molar-refractivity contribution is -0.387. The molecule has 2 aromatic rings. The van der Waals surface area contributed by atoms with Crippen LogP contribution in [0.15, 0.2) is 24.4 Å². The van der Waals surface area contributed by atoms with E-state index in [4.69, 9.17) is 16.3 Å². The molecule has 6 nitrogen and oxygen atoms in total. The molecule has 1 aromatic carbocycles.